The van der Waals surface area contributed by atoms with E-state index in [-0.39, 0.29) is 11.5 Å². The van der Waals surface area contributed by atoms with Crippen molar-refractivity contribution in [2.75, 3.05) is 6.54 Å². The highest BCUT2D eigenvalue weighted by molar-refractivity contribution is 8.18. The van der Waals surface area contributed by atoms with Crippen LogP contribution in [0.4, 0.5) is 5.69 Å². The highest BCUT2D eigenvalue weighted by Gasteiger charge is 2.32. The maximum atomic E-state index is 12.6. The van der Waals surface area contributed by atoms with Crippen LogP contribution in [-0.2, 0) is 4.79 Å². The molecule has 3 rings (SSSR count). The van der Waals surface area contributed by atoms with Crippen LogP contribution in [0.3, 0.4) is 0 Å². The Kier molecular flexibility index (Phi) is 5.44. The summed E-state index contributed by atoms with van der Waals surface area (Å²) in [6.45, 7) is 2.34. The van der Waals surface area contributed by atoms with Gasteiger partial charge in [0.25, 0.3) is 5.91 Å². The van der Waals surface area contributed by atoms with Gasteiger partial charge in [-0.25, -0.2) is 9.79 Å². The summed E-state index contributed by atoms with van der Waals surface area (Å²) < 4.78 is 0. The van der Waals surface area contributed by atoms with Crippen LogP contribution in [0.2, 0.25) is 5.02 Å². The summed E-state index contributed by atoms with van der Waals surface area (Å²) in [7, 11) is 0. The Bertz CT molecular complexity index is 923. The number of benzene rings is 2. The molecule has 5 nitrogen and oxygen atoms in total. The molecule has 0 aliphatic carbocycles. The number of carboxylic acids is 1. The van der Waals surface area contributed by atoms with Gasteiger partial charge in [0.15, 0.2) is 5.17 Å². The van der Waals surface area contributed by atoms with Crippen LogP contribution in [-0.4, -0.2) is 33.6 Å². The van der Waals surface area contributed by atoms with Gasteiger partial charge in [0.1, 0.15) is 0 Å². The van der Waals surface area contributed by atoms with Crippen LogP contribution < -0.4 is 0 Å². The fourth-order valence-corrected chi connectivity index (χ4v) is 3.59. The number of aliphatic imine (C=N–C) groups is 1. The van der Waals surface area contributed by atoms with E-state index in [4.69, 9.17) is 16.7 Å². The van der Waals surface area contributed by atoms with E-state index < -0.39 is 5.97 Å². The molecular weight excluding hydrogens is 372 g/mol. The van der Waals surface area contributed by atoms with Crippen molar-refractivity contribution in [1.29, 1.82) is 0 Å². The van der Waals surface area contributed by atoms with Crippen molar-refractivity contribution in [2.24, 2.45) is 4.99 Å². The van der Waals surface area contributed by atoms with E-state index in [0.29, 0.717) is 27.3 Å². The first-order valence-corrected chi connectivity index (χ1v) is 9.06. The number of carbonyl (C=O) groups excluding carboxylic acids is 1. The van der Waals surface area contributed by atoms with E-state index in [0.717, 1.165) is 5.56 Å². The summed E-state index contributed by atoms with van der Waals surface area (Å²) in [6, 6.07) is 13.5. The number of halogens is 1. The van der Waals surface area contributed by atoms with Crippen molar-refractivity contribution >= 4 is 52.2 Å². The van der Waals surface area contributed by atoms with Crippen LogP contribution in [0.5, 0.6) is 0 Å². The smallest absolute Gasteiger partial charge is 0.335 e. The Balaban J connectivity index is 1.93. The number of nitrogens with zero attached hydrogens (tertiary/aromatic N) is 2. The van der Waals surface area contributed by atoms with Crippen LogP contribution in [0.15, 0.2) is 58.4 Å². The summed E-state index contributed by atoms with van der Waals surface area (Å²) >= 11 is 7.16. The lowest BCUT2D eigenvalue weighted by Gasteiger charge is -2.12. The van der Waals surface area contributed by atoms with Crippen molar-refractivity contribution in [2.45, 2.75) is 6.92 Å². The molecule has 2 aromatic rings. The summed E-state index contributed by atoms with van der Waals surface area (Å²) in [4.78, 5) is 30.3. The summed E-state index contributed by atoms with van der Waals surface area (Å²) in [5, 5.41) is 10.3. The molecule has 0 spiro atoms. The van der Waals surface area contributed by atoms with Gasteiger partial charge < -0.3 is 5.11 Å². The van der Waals surface area contributed by atoms with E-state index in [9.17, 15) is 9.59 Å². The Morgan fingerprint density at radius 1 is 1.27 bits per heavy atom. The summed E-state index contributed by atoms with van der Waals surface area (Å²) in [5.74, 6) is -1.14. The molecule has 1 aliphatic rings. The number of thioether (sulfide) groups is 1. The standard InChI is InChI=1S/C19H15ClN2O3S/c1-2-22-17(23)16(10-12-6-8-14(20)9-7-12)26-19(22)21-15-5-3-4-13(11-15)18(24)25/h3-11H,2H2,1H3,(H,24,25)/b16-10-,21-19?. The third-order valence-corrected chi connectivity index (χ3v) is 4.95. The number of amides is 1. The van der Waals surface area contributed by atoms with Crippen molar-refractivity contribution in [1.82, 2.24) is 4.90 Å². The molecule has 1 N–H and O–H groups in total. The fourth-order valence-electron chi connectivity index (χ4n) is 2.40. The Labute approximate surface area is 160 Å². The van der Waals surface area contributed by atoms with Gasteiger partial charge in [-0.05, 0) is 60.7 Å². The van der Waals surface area contributed by atoms with Crippen molar-refractivity contribution in [3.8, 4) is 0 Å². The number of carbonyl (C=O) groups is 2. The minimum absolute atomic E-state index is 0.124. The molecule has 0 atom stereocenters. The number of likely N-dealkylation sites (N-methyl/N-ethyl adjacent to an activating group) is 1. The number of rotatable bonds is 4. The molecule has 132 valence electrons. The Morgan fingerprint density at radius 2 is 2.00 bits per heavy atom. The largest absolute Gasteiger partial charge is 0.478 e. The van der Waals surface area contributed by atoms with Crippen LogP contribution in [0.1, 0.15) is 22.8 Å². The molecule has 26 heavy (non-hydrogen) atoms. The Morgan fingerprint density at radius 3 is 2.65 bits per heavy atom. The van der Waals surface area contributed by atoms with E-state index in [2.05, 4.69) is 4.99 Å². The van der Waals surface area contributed by atoms with Gasteiger partial charge in [-0.15, -0.1) is 0 Å². The zero-order valence-electron chi connectivity index (χ0n) is 13.8. The first-order chi connectivity index (χ1) is 12.5. The van der Waals surface area contributed by atoms with E-state index in [1.54, 1.807) is 35.2 Å². The first kappa shape index (κ1) is 18.2. The SMILES string of the molecule is CCN1C(=O)/C(=C/c2ccc(Cl)cc2)SC1=Nc1cccc(C(=O)O)c1. The normalized spacial score (nSPS) is 17.3. The Hall–Kier alpha value is -2.57. The number of amidine groups is 1. The van der Waals surface area contributed by atoms with Crippen LogP contribution in [0.25, 0.3) is 6.08 Å². The third kappa shape index (κ3) is 3.98. The van der Waals surface area contributed by atoms with Crippen LogP contribution >= 0.6 is 23.4 Å². The lowest BCUT2D eigenvalue weighted by Crippen LogP contribution is -2.28. The predicted octanol–water partition coefficient (Wildman–Crippen LogP) is 4.66. The zero-order valence-corrected chi connectivity index (χ0v) is 15.4. The topological polar surface area (TPSA) is 70.0 Å². The highest BCUT2D eigenvalue weighted by atomic mass is 35.5. The molecule has 2 aromatic carbocycles. The van der Waals surface area contributed by atoms with Crippen molar-refractivity contribution in [3.63, 3.8) is 0 Å². The molecule has 0 bridgehead atoms. The second-order valence-electron chi connectivity index (χ2n) is 5.46. The molecule has 0 aromatic heterocycles. The van der Waals surface area contributed by atoms with E-state index >= 15 is 0 Å². The molecule has 1 heterocycles. The number of hydrogen-bond donors (Lipinski definition) is 1. The molecule has 0 unspecified atom stereocenters. The number of hydrogen-bond acceptors (Lipinski definition) is 4. The first-order valence-electron chi connectivity index (χ1n) is 7.87. The molecule has 0 radical (unpaired) electrons. The minimum Gasteiger partial charge on any atom is -0.478 e. The fraction of sp³-hybridized carbons (Fsp3) is 0.105. The van der Waals surface area contributed by atoms with Gasteiger partial charge in [-0.2, -0.15) is 0 Å². The molecule has 7 heteroatoms. The predicted molar refractivity (Wildman–Crippen MR) is 105 cm³/mol. The van der Waals surface area contributed by atoms with Crippen LogP contribution in [0, 0.1) is 0 Å². The summed E-state index contributed by atoms with van der Waals surface area (Å²) in [5.41, 5.74) is 1.52. The molecule has 1 amide bonds. The molecular formula is C19H15ClN2O3S. The van der Waals surface area contributed by atoms with Crippen molar-refractivity contribution in [3.05, 3.63) is 69.6 Å². The monoisotopic (exact) mass is 386 g/mol. The van der Waals surface area contributed by atoms with E-state index in [1.165, 1.54) is 23.9 Å². The maximum absolute atomic E-state index is 12.6. The highest BCUT2D eigenvalue weighted by Crippen LogP contribution is 2.34. The average molecular weight is 387 g/mol. The maximum Gasteiger partial charge on any atom is 0.335 e. The zero-order chi connectivity index (χ0) is 18.7. The van der Waals surface area contributed by atoms with E-state index in [1.807, 2.05) is 19.1 Å². The quantitative estimate of drug-likeness (QED) is 0.775. The van der Waals surface area contributed by atoms with Gasteiger partial charge in [-0.1, -0.05) is 29.8 Å². The van der Waals surface area contributed by atoms with Crippen molar-refractivity contribution < 1.29 is 14.7 Å². The second-order valence-corrected chi connectivity index (χ2v) is 6.91. The third-order valence-electron chi connectivity index (χ3n) is 3.69. The lowest BCUT2D eigenvalue weighted by molar-refractivity contribution is -0.122. The minimum atomic E-state index is -1.02. The number of carboxylic acid groups (broad SMARTS) is 1. The van der Waals surface area contributed by atoms with Gasteiger partial charge in [-0.3, -0.25) is 9.69 Å². The average Bonchev–Trinajstić information content (AvgIpc) is 2.91. The van der Waals surface area contributed by atoms with Gasteiger partial charge in [0.05, 0.1) is 16.2 Å². The van der Waals surface area contributed by atoms with Gasteiger partial charge >= 0.3 is 5.97 Å². The second kappa shape index (κ2) is 7.76. The molecule has 1 saturated heterocycles. The van der Waals surface area contributed by atoms with Gasteiger partial charge in [0.2, 0.25) is 0 Å². The summed E-state index contributed by atoms with van der Waals surface area (Å²) in [6.07, 6.45) is 1.79. The molecule has 1 fully saturated rings. The lowest BCUT2D eigenvalue weighted by atomic mass is 10.2. The van der Waals surface area contributed by atoms with Gasteiger partial charge in [0, 0.05) is 11.6 Å². The molecule has 1 aliphatic heterocycles. The number of aromatic carboxylic acids is 1. The molecule has 0 saturated carbocycles.